The van der Waals surface area contributed by atoms with E-state index in [4.69, 9.17) is 20.4 Å². The van der Waals surface area contributed by atoms with Crippen LogP contribution in [0.2, 0.25) is 0 Å². The van der Waals surface area contributed by atoms with Crippen LogP contribution >= 0.6 is 0 Å². The molecule has 7 heteroatoms. The molecule has 6 nitrogen and oxygen atoms in total. The Balaban J connectivity index is 0. The van der Waals surface area contributed by atoms with Crippen molar-refractivity contribution < 1.29 is 30.0 Å². The fourth-order valence-corrected chi connectivity index (χ4v) is 0.270. The third kappa shape index (κ3) is 4.23. The van der Waals surface area contributed by atoms with Crippen molar-refractivity contribution in [1.29, 1.82) is 0 Å². The second-order valence-electron chi connectivity index (χ2n) is 1.57. The molecule has 0 aromatic carbocycles. The summed E-state index contributed by atoms with van der Waals surface area (Å²) in [6.45, 7) is 0. The molecule has 0 aliphatic rings. The van der Waals surface area contributed by atoms with Crippen LogP contribution in [0.4, 0.5) is 0 Å². The molecular formula is C4H9InO6. The fourth-order valence-electron chi connectivity index (χ4n) is 0.270. The van der Waals surface area contributed by atoms with E-state index in [1.54, 1.807) is 0 Å². The molecule has 0 aliphatic carbocycles. The summed E-state index contributed by atoms with van der Waals surface area (Å²) < 4.78 is 0. The van der Waals surface area contributed by atoms with E-state index in [2.05, 4.69) is 0 Å². The first-order valence-corrected chi connectivity index (χ1v) is 2.28. The van der Waals surface area contributed by atoms with Crippen LogP contribution in [-0.4, -0.2) is 70.4 Å². The summed E-state index contributed by atoms with van der Waals surface area (Å²) >= 11 is 0. The normalized spacial score (nSPS) is 14.4. The number of aliphatic hydroxyl groups excluding tert-OH is 2. The molecule has 2 atom stereocenters. The molecule has 0 rings (SSSR count). The standard InChI is InChI=1S/C4H6O6.In.3H/c5-1(3(7)8)2(6)4(9)10;;;;/h1-2,5-6H,(H,7,8)(H,9,10);;;;. The molecule has 0 radical (unpaired) electrons. The Labute approximate surface area is 80.2 Å². The van der Waals surface area contributed by atoms with E-state index in [-0.39, 0.29) is 25.8 Å². The van der Waals surface area contributed by atoms with Gasteiger partial charge in [0.2, 0.25) is 0 Å². The molecule has 0 saturated heterocycles. The molecule has 11 heavy (non-hydrogen) atoms. The van der Waals surface area contributed by atoms with Crippen LogP contribution in [0, 0.1) is 0 Å². The first-order chi connectivity index (χ1) is 4.46. The van der Waals surface area contributed by atoms with E-state index in [0.29, 0.717) is 0 Å². The number of carbonyl (C=O) groups is 2. The summed E-state index contributed by atoms with van der Waals surface area (Å²) in [7, 11) is 0. The Morgan fingerprint density at radius 2 is 1.09 bits per heavy atom. The molecular weight excluding hydrogens is 259 g/mol. The van der Waals surface area contributed by atoms with Crippen LogP contribution in [-0.2, 0) is 9.59 Å². The van der Waals surface area contributed by atoms with Crippen LogP contribution in [0.1, 0.15) is 0 Å². The monoisotopic (exact) mass is 268 g/mol. The van der Waals surface area contributed by atoms with Crippen LogP contribution < -0.4 is 0 Å². The summed E-state index contributed by atoms with van der Waals surface area (Å²) in [5.74, 6) is -3.54. The number of rotatable bonds is 3. The Bertz CT molecular complexity index is 139. The molecule has 0 heterocycles. The quantitative estimate of drug-likeness (QED) is 0.426. The number of aliphatic carboxylic acids is 2. The van der Waals surface area contributed by atoms with Crippen LogP contribution in [0.15, 0.2) is 0 Å². The van der Waals surface area contributed by atoms with E-state index in [0.717, 1.165) is 0 Å². The molecule has 0 aromatic rings. The first kappa shape index (κ1) is 13.3. The first-order valence-electron chi connectivity index (χ1n) is 2.28. The summed E-state index contributed by atoms with van der Waals surface area (Å²) in [6.07, 6.45) is -4.53. The van der Waals surface area contributed by atoms with Gasteiger partial charge in [-0.2, -0.15) is 0 Å². The topological polar surface area (TPSA) is 115 Å². The molecule has 0 fully saturated rings. The molecule has 0 aromatic heterocycles. The molecule has 4 N–H and O–H groups in total. The zero-order chi connectivity index (χ0) is 8.31. The van der Waals surface area contributed by atoms with Gasteiger partial charge in [0.25, 0.3) is 0 Å². The van der Waals surface area contributed by atoms with Crippen molar-refractivity contribution in [3.05, 3.63) is 0 Å². The van der Waals surface area contributed by atoms with Crippen molar-refractivity contribution in [1.82, 2.24) is 0 Å². The van der Waals surface area contributed by atoms with Crippen LogP contribution in [0.5, 0.6) is 0 Å². The molecule has 2 unspecified atom stereocenters. The summed E-state index contributed by atoms with van der Waals surface area (Å²) in [4.78, 5) is 19.5. The van der Waals surface area contributed by atoms with Crippen molar-refractivity contribution in [2.24, 2.45) is 0 Å². The van der Waals surface area contributed by atoms with E-state index in [9.17, 15) is 9.59 Å². The Hall–Kier alpha value is -0.270. The van der Waals surface area contributed by atoms with Gasteiger partial charge in [0.05, 0.1) is 0 Å². The molecule has 0 amide bonds. The van der Waals surface area contributed by atoms with Crippen molar-refractivity contribution in [2.45, 2.75) is 12.2 Å². The van der Waals surface area contributed by atoms with Gasteiger partial charge in [-0.15, -0.1) is 0 Å². The number of carboxylic acid groups (broad SMARTS) is 2. The Morgan fingerprint density at radius 3 is 1.18 bits per heavy atom. The minimum absolute atomic E-state index is 0. The summed E-state index contributed by atoms with van der Waals surface area (Å²) in [5, 5.41) is 32.5. The van der Waals surface area contributed by atoms with Gasteiger partial charge in [-0.1, -0.05) is 0 Å². The molecule has 0 saturated carbocycles. The third-order valence-electron chi connectivity index (χ3n) is 0.805. The van der Waals surface area contributed by atoms with Crippen molar-refractivity contribution in [2.75, 3.05) is 0 Å². The van der Waals surface area contributed by atoms with Crippen molar-refractivity contribution in [3.63, 3.8) is 0 Å². The van der Waals surface area contributed by atoms with Gasteiger partial charge < -0.3 is 20.4 Å². The Morgan fingerprint density at radius 1 is 0.909 bits per heavy atom. The van der Waals surface area contributed by atoms with Gasteiger partial charge in [0.15, 0.2) is 12.2 Å². The predicted octanol–water partition coefficient (Wildman–Crippen LogP) is -3.31. The van der Waals surface area contributed by atoms with Crippen molar-refractivity contribution in [3.8, 4) is 0 Å². The molecule has 64 valence electrons. The van der Waals surface area contributed by atoms with Crippen molar-refractivity contribution >= 4 is 37.8 Å². The number of hydrogen-bond acceptors (Lipinski definition) is 4. The Kier molecular flexibility index (Phi) is 6.53. The van der Waals surface area contributed by atoms with E-state index in [1.807, 2.05) is 0 Å². The maximum absolute atomic E-state index is 9.77. The zero-order valence-corrected chi connectivity index (χ0v) is 4.76. The van der Waals surface area contributed by atoms with E-state index >= 15 is 0 Å². The number of carboxylic acids is 2. The number of aliphatic hydroxyl groups is 2. The maximum atomic E-state index is 9.77. The van der Waals surface area contributed by atoms with Gasteiger partial charge >= 0.3 is 37.8 Å². The molecule has 0 aliphatic heterocycles. The average Bonchev–Trinajstić information content (AvgIpc) is 1.84. The second kappa shape index (κ2) is 5.39. The van der Waals surface area contributed by atoms with Gasteiger partial charge in [-0.3, -0.25) is 0 Å². The SMILES string of the molecule is O=C(O)C(O)C(O)C(=O)O.[InH3]. The molecule has 0 bridgehead atoms. The second-order valence-corrected chi connectivity index (χ2v) is 1.57. The van der Waals surface area contributed by atoms with Gasteiger partial charge in [0.1, 0.15) is 0 Å². The van der Waals surface area contributed by atoms with Crippen LogP contribution in [0.3, 0.4) is 0 Å². The van der Waals surface area contributed by atoms with E-state index in [1.165, 1.54) is 0 Å². The summed E-state index contributed by atoms with van der Waals surface area (Å²) in [6, 6.07) is 0. The third-order valence-corrected chi connectivity index (χ3v) is 0.805. The van der Waals surface area contributed by atoms with Crippen LogP contribution in [0.25, 0.3) is 0 Å². The van der Waals surface area contributed by atoms with E-state index < -0.39 is 24.1 Å². The average molecular weight is 268 g/mol. The minimum atomic E-state index is -2.27. The van der Waals surface area contributed by atoms with Gasteiger partial charge in [-0.25, -0.2) is 9.59 Å². The van der Waals surface area contributed by atoms with Gasteiger partial charge in [0, 0.05) is 0 Å². The summed E-state index contributed by atoms with van der Waals surface area (Å²) in [5.41, 5.74) is 0. The zero-order valence-electron chi connectivity index (χ0n) is 4.76. The predicted molar refractivity (Wildman–Crippen MR) is 37.2 cm³/mol. The number of hydrogen-bond donors (Lipinski definition) is 4. The van der Waals surface area contributed by atoms with Gasteiger partial charge in [-0.05, 0) is 0 Å². The fraction of sp³-hybridized carbons (Fsp3) is 0.500. The molecule has 0 spiro atoms.